The largest absolute Gasteiger partial charge is 0.358 e. The topological polar surface area (TPSA) is 6.48 Å². The third-order valence-electron chi connectivity index (χ3n) is 3.35. The van der Waals surface area contributed by atoms with Crippen LogP contribution in [-0.4, -0.2) is 23.0 Å². The summed E-state index contributed by atoms with van der Waals surface area (Å²) in [6.07, 6.45) is 17.3. The van der Waals surface area contributed by atoms with Crippen molar-refractivity contribution in [3.63, 3.8) is 0 Å². The summed E-state index contributed by atoms with van der Waals surface area (Å²) < 4.78 is 0. The molecule has 1 heterocycles. The van der Waals surface area contributed by atoms with Crippen molar-refractivity contribution < 1.29 is 0 Å². The van der Waals surface area contributed by atoms with E-state index in [1.54, 1.807) is 0 Å². The zero-order valence-electron chi connectivity index (χ0n) is 11.4. The average Bonchev–Trinajstić information content (AvgIpc) is 2.80. The van der Waals surface area contributed by atoms with Crippen LogP contribution in [0.15, 0.2) is 25.2 Å². The molecule has 1 aliphatic heterocycles. The molecule has 0 unspecified atom stereocenters. The Kier molecular flexibility index (Phi) is 7.61. The first kappa shape index (κ1) is 14.1. The molecule has 0 aliphatic carbocycles. The molecule has 0 bridgehead atoms. The van der Waals surface area contributed by atoms with E-state index in [0.29, 0.717) is 0 Å². The monoisotopic (exact) mass is 236 g/mol. The Balaban J connectivity index is 1.85. The summed E-state index contributed by atoms with van der Waals surface area (Å²) in [4.78, 5) is 4.48. The molecule has 1 rings (SSSR count). The number of nitrogens with zero attached hydrogens (tertiary/aromatic N) is 2. The molecule has 0 amide bonds. The van der Waals surface area contributed by atoms with Gasteiger partial charge < -0.3 is 9.80 Å². The van der Waals surface area contributed by atoms with Gasteiger partial charge in [0.1, 0.15) is 0 Å². The van der Waals surface area contributed by atoms with E-state index in [2.05, 4.69) is 35.7 Å². The molecule has 0 aromatic rings. The van der Waals surface area contributed by atoms with Crippen molar-refractivity contribution in [3.05, 3.63) is 25.2 Å². The number of hydrogen-bond donors (Lipinski definition) is 0. The van der Waals surface area contributed by atoms with Gasteiger partial charge in [-0.2, -0.15) is 0 Å². The van der Waals surface area contributed by atoms with Crippen molar-refractivity contribution in [3.8, 4) is 0 Å². The lowest BCUT2D eigenvalue weighted by Crippen LogP contribution is -2.22. The Hall–Kier alpha value is -0.920. The number of unbranched alkanes of at least 4 members (excludes halogenated alkanes) is 7. The van der Waals surface area contributed by atoms with E-state index in [1.165, 1.54) is 57.9 Å². The van der Waals surface area contributed by atoms with Gasteiger partial charge in [0.15, 0.2) is 0 Å². The third kappa shape index (κ3) is 6.40. The second-order valence-corrected chi connectivity index (χ2v) is 4.92. The van der Waals surface area contributed by atoms with Crippen molar-refractivity contribution >= 4 is 0 Å². The quantitative estimate of drug-likeness (QED) is 0.521. The van der Waals surface area contributed by atoms with Crippen LogP contribution in [0.5, 0.6) is 0 Å². The molecule has 2 heteroatoms. The van der Waals surface area contributed by atoms with Crippen LogP contribution in [0.4, 0.5) is 0 Å². The van der Waals surface area contributed by atoms with Gasteiger partial charge in [-0.05, 0) is 12.6 Å². The number of rotatable bonds is 10. The minimum atomic E-state index is 0.986. The van der Waals surface area contributed by atoms with E-state index in [9.17, 15) is 0 Å². The second kappa shape index (κ2) is 9.15. The first-order valence-corrected chi connectivity index (χ1v) is 7.17. The molecule has 0 radical (unpaired) electrons. The van der Waals surface area contributed by atoms with Crippen LogP contribution in [0.1, 0.15) is 58.3 Å². The van der Waals surface area contributed by atoms with Crippen LogP contribution >= 0.6 is 0 Å². The van der Waals surface area contributed by atoms with E-state index in [1.807, 2.05) is 6.20 Å². The van der Waals surface area contributed by atoms with E-state index >= 15 is 0 Å². The Morgan fingerprint density at radius 3 is 2.24 bits per heavy atom. The summed E-state index contributed by atoms with van der Waals surface area (Å²) in [6, 6.07) is 0. The minimum Gasteiger partial charge on any atom is -0.358 e. The van der Waals surface area contributed by atoms with Gasteiger partial charge in [0.25, 0.3) is 0 Å². The zero-order chi connectivity index (χ0) is 12.3. The summed E-state index contributed by atoms with van der Waals surface area (Å²) in [7, 11) is 0. The third-order valence-corrected chi connectivity index (χ3v) is 3.35. The maximum Gasteiger partial charge on any atom is 0.0935 e. The zero-order valence-corrected chi connectivity index (χ0v) is 11.4. The van der Waals surface area contributed by atoms with E-state index in [0.717, 1.165) is 6.67 Å². The highest BCUT2D eigenvalue weighted by Crippen LogP contribution is 2.11. The van der Waals surface area contributed by atoms with Gasteiger partial charge in [-0.3, -0.25) is 0 Å². The van der Waals surface area contributed by atoms with E-state index < -0.39 is 0 Å². The predicted molar refractivity (Wildman–Crippen MR) is 75.4 cm³/mol. The van der Waals surface area contributed by atoms with Crippen molar-refractivity contribution in [2.45, 2.75) is 58.3 Å². The lowest BCUT2D eigenvalue weighted by molar-refractivity contribution is 0.307. The maximum atomic E-state index is 3.77. The van der Waals surface area contributed by atoms with Gasteiger partial charge in [-0.25, -0.2) is 0 Å². The Labute approximate surface area is 107 Å². The fraction of sp³-hybridized carbons (Fsp3) is 0.733. The summed E-state index contributed by atoms with van der Waals surface area (Å²) in [5, 5.41) is 0. The fourth-order valence-corrected chi connectivity index (χ4v) is 2.20. The van der Waals surface area contributed by atoms with Gasteiger partial charge in [-0.15, -0.1) is 0 Å². The first-order chi connectivity index (χ1) is 8.36. The van der Waals surface area contributed by atoms with Crippen LogP contribution in [0.3, 0.4) is 0 Å². The molecule has 2 nitrogen and oxygen atoms in total. The van der Waals surface area contributed by atoms with Gasteiger partial charge in [0.05, 0.1) is 6.67 Å². The van der Waals surface area contributed by atoms with Crippen molar-refractivity contribution in [1.82, 2.24) is 9.80 Å². The second-order valence-electron chi connectivity index (χ2n) is 4.92. The molecule has 17 heavy (non-hydrogen) atoms. The Bertz CT molecular complexity index is 223. The van der Waals surface area contributed by atoms with Gasteiger partial charge in [0, 0.05) is 18.9 Å². The minimum absolute atomic E-state index is 0.986. The summed E-state index contributed by atoms with van der Waals surface area (Å²) in [5.41, 5.74) is 0. The SMILES string of the molecule is C=CN1C=CN(CCCCCCCCCC)C1. The lowest BCUT2D eigenvalue weighted by Gasteiger charge is -2.18. The van der Waals surface area contributed by atoms with Crippen LogP contribution in [0.25, 0.3) is 0 Å². The molecule has 1 aliphatic rings. The molecule has 0 fully saturated rings. The summed E-state index contributed by atoms with van der Waals surface area (Å²) in [6.45, 7) is 8.22. The van der Waals surface area contributed by atoms with Crippen molar-refractivity contribution in [2.24, 2.45) is 0 Å². The molecular weight excluding hydrogens is 208 g/mol. The molecule has 98 valence electrons. The van der Waals surface area contributed by atoms with E-state index in [-0.39, 0.29) is 0 Å². The van der Waals surface area contributed by atoms with Gasteiger partial charge in [0.2, 0.25) is 0 Å². The Morgan fingerprint density at radius 1 is 1.00 bits per heavy atom. The molecule has 0 saturated heterocycles. The first-order valence-electron chi connectivity index (χ1n) is 7.17. The molecule has 0 saturated carbocycles. The Morgan fingerprint density at radius 2 is 1.65 bits per heavy atom. The predicted octanol–water partition coefficient (Wildman–Crippen LogP) is 4.32. The fourth-order valence-electron chi connectivity index (χ4n) is 2.20. The lowest BCUT2D eigenvalue weighted by atomic mass is 10.1. The van der Waals surface area contributed by atoms with Gasteiger partial charge in [-0.1, -0.05) is 58.4 Å². The van der Waals surface area contributed by atoms with E-state index in [4.69, 9.17) is 0 Å². The standard InChI is InChI=1S/C15H28N2/c1-3-5-6-7-8-9-10-11-12-17-14-13-16(4-2)15-17/h4,13-14H,2-3,5-12,15H2,1H3. The molecule has 0 spiro atoms. The van der Waals surface area contributed by atoms with Crippen molar-refractivity contribution in [2.75, 3.05) is 13.2 Å². The maximum absolute atomic E-state index is 3.77. The highest BCUT2D eigenvalue weighted by atomic mass is 15.3. The smallest absolute Gasteiger partial charge is 0.0935 e. The van der Waals surface area contributed by atoms with Crippen LogP contribution in [-0.2, 0) is 0 Å². The molecule has 0 aromatic heterocycles. The summed E-state index contributed by atoms with van der Waals surface area (Å²) in [5.74, 6) is 0. The average molecular weight is 236 g/mol. The molecule has 0 aromatic carbocycles. The highest BCUT2D eigenvalue weighted by molar-refractivity contribution is 4.94. The summed E-state index contributed by atoms with van der Waals surface area (Å²) >= 11 is 0. The number of hydrogen-bond acceptors (Lipinski definition) is 2. The van der Waals surface area contributed by atoms with Crippen LogP contribution in [0.2, 0.25) is 0 Å². The van der Waals surface area contributed by atoms with Gasteiger partial charge >= 0.3 is 0 Å². The molecule has 0 atom stereocenters. The van der Waals surface area contributed by atoms with Crippen molar-refractivity contribution in [1.29, 1.82) is 0 Å². The molecular formula is C15H28N2. The van der Waals surface area contributed by atoms with Crippen LogP contribution in [0, 0.1) is 0 Å². The van der Waals surface area contributed by atoms with Crippen LogP contribution < -0.4 is 0 Å². The normalized spacial score (nSPS) is 14.6. The molecule has 0 N–H and O–H groups in total. The highest BCUT2D eigenvalue weighted by Gasteiger charge is 2.07.